The summed E-state index contributed by atoms with van der Waals surface area (Å²) in [5.41, 5.74) is 1.42. The normalized spacial score (nSPS) is 23.8. The van der Waals surface area contributed by atoms with Crippen molar-refractivity contribution in [3.8, 4) is 10.6 Å². The lowest BCUT2D eigenvalue weighted by Crippen LogP contribution is -2.32. The molecular weight excluding hydrogens is 318 g/mol. The number of carbonyl (C=O) groups is 1. The van der Waals surface area contributed by atoms with Gasteiger partial charge in [-0.3, -0.25) is 4.79 Å². The number of benzene rings is 1. The van der Waals surface area contributed by atoms with E-state index in [-0.39, 0.29) is 5.91 Å². The van der Waals surface area contributed by atoms with Gasteiger partial charge in [0.25, 0.3) is 5.91 Å². The summed E-state index contributed by atoms with van der Waals surface area (Å²) in [6, 6.07) is 7.59. The molecule has 0 spiro atoms. The molecule has 2 fully saturated rings. The van der Waals surface area contributed by atoms with Gasteiger partial charge in [-0.25, -0.2) is 4.98 Å². The van der Waals surface area contributed by atoms with E-state index in [0.29, 0.717) is 22.6 Å². The Hall–Kier alpha value is -1.43. The molecule has 2 aromatic rings. The minimum atomic E-state index is 0.0453. The van der Waals surface area contributed by atoms with Gasteiger partial charge in [0.2, 0.25) is 0 Å². The van der Waals surface area contributed by atoms with Crippen LogP contribution in [0, 0.1) is 11.8 Å². The SMILES string of the molecule is O=C(c1csc(-c2ccccc2Cl)n1)N1C[C@H]2CNC[C@H]2C1. The maximum Gasteiger partial charge on any atom is 0.273 e. The Morgan fingerprint density at radius 3 is 2.73 bits per heavy atom. The summed E-state index contributed by atoms with van der Waals surface area (Å²) >= 11 is 7.67. The number of likely N-dealkylation sites (tertiary alicyclic amines) is 1. The van der Waals surface area contributed by atoms with Gasteiger partial charge < -0.3 is 10.2 Å². The molecule has 1 N–H and O–H groups in total. The van der Waals surface area contributed by atoms with Crippen LogP contribution in [0.2, 0.25) is 5.02 Å². The maximum absolute atomic E-state index is 12.6. The molecule has 4 rings (SSSR count). The molecule has 1 amide bonds. The van der Waals surface area contributed by atoms with Gasteiger partial charge in [-0.1, -0.05) is 29.8 Å². The lowest BCUT2D eigenvalue weighted by Gasteiger charge is -2.15. The first kappa shape index (κ1) is 14.2. The number of hydrogen-bond acceptors (Lipinski definition) is 4. The van der Waals surface area contributed by atoms with Crippen LogP contribution < -0.4 is 5.32 Å². The lowest BCUT2D eigenvalue weighted by atomic mass is 10.0. The van der Waals surface area contributed by atoms with Crippen molar-refractivity contribution in [1.82, 2.24) is 15.2 Å². The van der Waals surface area contributed by atoms with Crippen molar-refractivity contribution in [2.45, 2.75) is 0 Å². The number of carbonyl (C=O) groups excluding carboxylic acids is 1. The molecule has 0 saturated carbocycles. The summed E-state index contributed by atoms with van der Waals surface area (Å²) in [5.74, 6) is 1.25. The van der Waals surface area contributed by atoms with E-state index in [4.69, 9.17) is 11.6 Å². The first-order chi connectivity index (χ1) is 10.7. The van der Waals surface area contributed by atoms with Crippen LogP contribution >= 0.6 is 22.9 Å². The van der Waals surface area contributed by atoms with Crippen molar-refractivity contribution in [2.24, 2.45) is 11.8 Å². The van der Waals surface area contributed by atoms with Gasteiger partial charge in [0.15, 0.2) is 0 Å². The van der Waals surface area contributed by atoms with Crippen molar-refractivity contribution in [3.63, 3.8) is 0 Å². The van der Waals surface area contributed by atoms with E-state index in [1.165, 1.54) is 11.3 Å². The summed E-state index contributed by atoms with van der Waals surface area (Å²) in [5, 5.41) is 6.70. The molecule has 1 aromatic carbocycles. The predicted molar refractivity (Wildman–Crippen MR) is 88.3 cm³/mol. The number of fused-ring (bicyclic) bond motifs is 1. The second kappa shape index (κ2) is 5.65. The molecule has 22 heavy (non-hydrogen) atoms. The topological polar surface area (TPSA) is 45.2 Å². The fraction of sp³-hybridized carbons (Fsp3) is 0.375. The summed E-state index contributed by atoms with van der Waals surface area (Å²) in [6.45, 7) is 3.73. The first-order valence-corrected chi connectivity index (χ1v) is 8.68. The van der Waals surface area contributed by atoms with Crippen LogP contribution in [0.4, 0.5) is 0 Å². The Morgan fingerprint density at radius 2 is 2.00 bits per heavy atom. The lowest BCUT2D eigenvalue weighted by molar-refractivity contribution is 0.0777. The third-order valence-electron chi connectivity index (χ3n) is 4.50. The highest BCUT2D eigenvalue weighted by atomic mass is 35.5. The standard InChI is InChI=1S/C16H16ClN3OS/c17-13-4-2-1-3-12(13)15-19-14(9-22-15)16(21)20-7-10-5-18-6-11(10)8-20/h1-4,9-11,18H,5-8H2/t10-,11+. The van der Waals surface area contributed by atoms with Crippen LogP contribution in [0.5, 0.6) is 0 Å². The molecule has 1 aromatic heterocycles. The number of thiazole rings is 1. The number of aromatic nitrogens is 1. The zero-order chi connectivity index (χ0) is 15.1. The van der Waals surface area contributed by atoms with Crippen molar-refractivity contribution in [1.29, 1.82) is 0 Å². The Bertz CT molecular complexity index is 705. The molecule has 2 atom stereocenters. The van der Waals surface area contributed by atoms with Gasteiger partial charge in [-0.05, 0) is 17.9 Å². The van der Waals surface area contributed by atoms with Crippen LogP contribution in [-0.4, -0.2) is 42.0 Å². The predicted octanol–water partition coefficient (Wildman–Crippen LogP) is 2.75. The highest BCUT2D eigenvalue weighted by Crippen LogP contribution is 2.32. The molecule has 6 heteroatoms. The van der Waals surface area contributed by atoms with Gasteiger partial charge in [-0.2, -0.15) is 0 Å². The number of halogens is 1. The fourth-order valence-electron chi connectivity index (χ4n) is 3.31. The number of hydrogen-bond donors (Lipinski definition) is 1. The molecule has 0 bridgehead atoms. The van der Waals surface area contributed by atoms with E-state index >= 15 is 0 Å². The smallest absolute Gasteiger partial charge is 0.273 e. The molecule has 2 aliphatic rings. The summed E-state index contributed by atoms with van der Waals surface area (Å²) in [7, 11) is 0. The third kappa shape index (κ3) is 2.43. The number of rotatable bonds is 2. The van der Waals surface area contributed by atoms with Crippen LogP contribution in [0.3, 0.4) is 0 Å². The number of amides is 1. The average Bonchev–Trinajstić information content (AvgIpc) is 3.22. The van der Waals surface area contributed by atoms with E-state index in [9.17, 15) is 4.79 Å². The van der Waals surface area contributed by atoms with E-state index in [2.05, 4.69) is 10.3 Å². The monoisotopic (exact) mass is 333 g/mol. The summed E-state index contributed by atoms with van der Waals surface area (Å²) in [6.07, 6.45) is 0. The first-order valence-electron chi connectivity index (χ1n) is 7.43. The van der Waals surface area contributed by atoms with Gasteiger partial charge in [-0.15, -0.1) is 11.3 Å². The Kier molecular flexibility index (Phi) is 3.64. The average molecular weight is 334 g/mol. The van der Waals surface area contributed by atoms with Gasteiger partial charge >= 0.3 is 0 Å². The van der Waals surface area contributed by atoms with Crippen LogP contribution in [0.25, 0.3) is 10.6 Å². The molecule has 2 aliphatic heterocycles. The summed E-state index contributed by atoms with van der Waals surface area (Å²) in [4.78, 5) is 19.1. The van der Waals surface area contributed by atoms with Crippen LogP contribution in [-0.2, 0) is 0 Å². The van der Waals surface area contributed by atoms with Gasteiger partial charge in [0, 0.05) is 37.1 Å². The van der Waals surface area contributed by atoms with Gasteiger partial charge in [0.05, 0.1) is 5.02 Å². The highest BCUT2D eigenvalue weighted by Gasteiger charge is 2.38. The Balaban J connectivity index is 1.54. The van der Waals surface area contributed by atoms with Gasteiger partial charge in [0.1, 0.15) is 10.7 Å². The Morgan fingerprint density at radius 1 is 1.27 bits per heavy atom. The minimum Gasteiger partial charge on any atom is -0.337 e. The molecule has 114 valence electrons. The minimum absolute atomic E-state index is 0.0453. The molecule has 0 unspecified atom stereocenters. The Labute approximate surface area is 138 Å². The molecular formula is C16H16ClN3OS. The van der Waals surface area contributed by atoms with Crippen LogP contribution in [0.15, 0.2) is 29.6 Å². The van der Waals surface area contributed by atoms with E-state index in [1.54, 1.807) is 0 Å². The molecule has 3 heterocycles. The largest absolute Gasteiger partial charge is 0.337 e. The highest BCUT2D eigenvalue weighted by molar-refractivity contribution is 7.13. The van der Waals surface area contributed by atoms with E-state index in [0.717, 1.165) is 36.8 Å². The van der Waals surface area contributed by atoms with Crippen molar-refractivity contribution >= 4 is 28.8 Å². The molecule has 4 nitrogen and oxygen atoms in total. The van der Waals surface area contributed by atoms with E-state index < -0.39 is 0 Å². The molecule has 0 aliphatic carbocycles. The number of nitrogens with one attached hydrogen (secondary N) is 1. The van der Waals surface area contributed by atoms with E-state index in [1.807, 2.05) is 34.5 Å². The zero-order valence-electron chi connectivity index (χ0n) is 12.0. The zero-order valence-corrected chi connectivity index (χ0v) is 13.5. The molecule has 2 saturated heterocycles. The third-order valence-corrected chi connectivity index (χ3v) is 5.71. The van der Waals surface area contributed by atoms with Crippen molar-refractivity contribution in [3.05, 3.63) is 40.4 Å². The summed E-state index contributed by atoms with van der Waals surface area (Å²) < 4.78 is 0. The quantitative estimate of drug-likeness (QED) is 0.919. The fourth-order valence-corrected chi connectivity index (χ4v) is 4.43. The second-order valence-electron chi connectivity index (χ2n) is 5.91. The molecule has 0 radical (unpaired) electrons. The second-order valence-corrected chi connectivity index (χ2v) is 7.17. The maximum atomic E-state index is 12.6. The van der Waals surface area contributed by atoms with Crippen molar-refractivity contribution < 1.29 is 4.79 Å². The van der Waals surface area contributed by atoms with Crippen LogP contribution in [0.1, 0.15) is 10.5 Å². The van der Waals surface area contributed by atoms with Crippen molar-refractivity contribution in [2.75, 3.05) is 26.2 Å². The number of nitrogens with zero attached hydrogens (tertiary/aromatic N) is 2.